The lowest BCUT2D eigenvalue weighted by Crippen LogP contribution is -2.30. The maximum atomic E-state index is 12.8. The summed E-state index contributed by atoms with van der Waals surface area (Å²) in [7, 11) is 0. The van der Waals surface area contributed by atoms with E-state index in [2.05, 4.69) is 21.2 Å². The maximum Gasteiger partial charge on any atom is 0.252 e. The van der Waals surface area contributed by atoms with Gasteiger partial charge in [0.2, 0.25) is 0 Å². The summed E-state index contributed by atoms with van der Waals surface area (Å²) >= 11 is 3.19. The molecule has 0 aliphatic carbocycles. The number of nitrogens with one attached hydrogen (secondary N) is 1. The molecular weight excluding hydrogens is 249 g/mol. The molecule has 0 bridgehead atoms. The third kappa shape index (κ3) is 2.80. The van der Waals surface area contributed by atoms with Crippen LogP contribution < -0.4 is 5.32 Å². The van der Waals surface area contributed by atoms with Crippen molar-refractivity contribution in [3.05, 3.63) is 34.1 Å². The molecule has 1 rings (SSSR count). The highest BCUT2D eigenvalue weighted by Gasteiger charge is 2.11. The van der Waals surface area contributed by atoms with Gasteiger partial charge in [-0.3, -0.25) is 4.79 Å². The van der Waals surface area contributed by atoms with Gasteiger partial charge in [0, 0.05) is 10.5 Å². The van der Waals surface area contributed by atoms with Crippen molar-refractivity contribution >= 4 is 21.8 Å². The van der Waals surface area contributed by atoms with Crippen molar-refractivity contribution < 1.29 is 9.18 Å². The normalized spacial score (nSPS) is 10.4. The molecule has 4 heteroatoms. The van der Waals surface area contributed by atoms with Crippen molar-refractivity contribution in [3.63, 3.8) is 0 Å². The summed E-state index contributed by atoms with van der Waals surface area (Å²) in [6.07, 6.45) is 0. The smallest absolute Gasteiger partial charge is 0.252 e. The number of amides is 1. The van der Waals surface area contributed by atoms with Gasteiger partial charge in [0.15, 0.2) is 0 Å². The number of hydrogen-bond acceptors (Lipinski definition) is 1. The Morgan fingerprint density at radius 2 is 2.14 bits per heavy atom. The highest BCUT2D eigenvalue weighted by atomic mass is 79.9. The molecule has 1 aromatic rings. The fourth-order valence-electron chi connectivity index (χ4n) is 1.01. The van der Waals surface area contributed by atoms with Crippen molar-refractivity contribution in [2.75, 3.05) is 0 Å². The fourth-order valence-corrected chi connectivity index (χ4v) is 1.44. The highest BCUT2D eigenvalue weighted by Crippen LogP contribution is 2.17. The second kappa shape index (κ2) is 4.55. The van der Waals surface area contributed by atoms with Crippen LogP contribution in [0.4, 0.5) is 4.39 Å². The van der Waals surface area contributed by atoms with E-state index in [4.69, 9.17) is 0 Å². The van der Waals surface area contributed by atoms with E-state index in [1.165, 1.54) is 18.2 Å². The van der Waals surface area contributed by atoms with Crippen molar-refractivity contribution in [3.8, 4) is 0 Å². The van der Waals surface area contributed by atoms with Gasteiger partial charge in [0.1, 0.15) is 5.82 Å². The molecular formula is C10H11BrFNO. The first-order valence-electron chi connectivity index (χ1n) is 4.26. The average molecular weight is 260 g/mol. The molecule has 0 unspecified atom stereocenters. The Bertz CT molecular complexity index is 352. The van der Waals surface area contributed by atoms with Crippen LogP contribution in [0, 0.1) is 5.82 Å². The molecule has 1 aromatic carbocycles. The zero-order chi connectivity index (χ0) is 10.7. The number of rotatable bonds is 2. The van der Waals surface area contributed by atoms with Gasteiger partial charge in [0.25, 0.3) is 5.91 Å². The quantitative estimate of drug-likeness (QED) is 0.870. The molecule has 1 amide bonds. The minimum Gasteiger partial charge on any atom is -0.350 e. The van der Waals surface area contributed by atoms with Crippen LogP contribution >= 0.6 is 15.9 Å². The third-order valence-corrected chi connectivity index (χ3v) is 2.28. The summed E-state index contributed by atoms with van der Waals surface area (Å²) in [4.78, 5) is 11.5. The first-order chi connectivity index (χ1) is 6.50. The summed E-state index contributed by atoms with van der Waals surface area (Å²) in [5, 5.41) is 2.69. The van der Waals surface area contributed by atoms with Crippen LogP contribution in [-0.4, -0.2) is 11.9 Å². The van der Waals surface area contributed by atoms with Crippen LogP contribution in [0.15, 0.2) is 22.7 Å². The van der Waals surface area contributed by atoms with E-state index >= 15 is 0 Å². The average Bonchev–Trinajstić information content (AvgIpc) is 2.08. The number of carbonyl (C=O) groups is 1. The lowest BCUT2D eigenvalue weighted by molar-refractivity contribution is 0.0942. The number of hydrogen-bond donors (Lipinski definition) is 1. The number of benzene rings is 1. The highest BCUT2D eigenvalue weighted by molar-refractivity contribution is 9.10. The Kier molecular flexibility index (Phi) is 3.63. The predicted octanol–water partition coefficient (Wildman–Crippen LogP) is 2.73. The largest absolute Gasteiger partial charge is 0.350 e. The van der Waals surface area contributed by atoms with E-state index in [0.29, 0.717) is 10.0 Å². The molecule has 14 heavy (non-hydrogen) atoms. The Balaban J connectivity index is 2.94. The molecule has 0 saturated heterocycles. The molecule has 0 fully saturated rings. The monoisotopic (exact) mass is 259 g/mol. The van der Waals surface area contributed by atoms with E-state index < -0.39 is 5.82 Å². The lowest BCUT2D eigenvalue weighted by atomic mass is 10.2. The molecule has 0 aliphatic rings. The standard InChI is InChI=1S/C10H11BrFNO/c1-6(2)13-10(14)8-5-7(12)3-4-9(8)11/h3-6H,1-2H3,(H,13,14). The van der Waals surface area contributed by atoms with E-state index in [9.17, 15) is 9.18 Å². The number of carbonyl (C=O) groups excluding carboxylic acids is 1. The summed E-state index contributed by atoms with van der Waals surface area (Å²) in [5.41, 5.74) is 0.318. The molecule has 76 valence electrons. The van der Waals surface area contributed by atoms with Gasteiger partial charge in [0.05, 0.1) is 5.56 Å². The Hall–Kier alpha value is -0.900. The molecule has 0 aromatic heterocycles. The molecule has 0 spiro atoms. The molecule has 0 radical (unpaired) electrons. The van der Waals surface area contributed by atoms with E-state index in [-0.39, 0.29) is 11.9 Å². The van der Waals surface area contributed by atoms with Gasteiger partial charge in [-0.2, -0.15) is 0 Å². The van der Waals surface area contributed by atoms with Gasteiger partial charge < -0.3 is 5.32 Å². The van der Waals surface area contributed by atoms with Crippen molar-refractivity contribution in [2.45, 2.75) is 19.9 Å². The van der Waals surface area contributed by atoms with E-state index in [1.807, 2.05) is 13.8 Å². The number of halogens is 2. The van der Waals surface area contributed by atoms with Crippen LogP contribution in [0.5, 0.6) is 0 Å². The first-order valence-corrected chi connectivity index (χ1v) is 5.06. The van der Waals surface area contributed by atoms with Gasteiger partial charge in [-0.15, -0.1) is 0 Å². The van der Waals surface area contributed by atoms with E-state index in [0.717, 1.165) is 0 Å². The molecule has 0 saturated carbocycles. The van der Waals surface area contributed by atoms with Gasteiger partial charge in [-0.05, 0) is 48.0 Å². The first kappa shape index (κ1) is 11.2. The van der Waals surface area contributed by atoms with Crippen molar-refractivity contribution in [1.29, 1.82) is 0 Å². The molecule has 0 atom stereocenters. The third-order valence-electron chi connectivity index (χ3n) is 1.59. The zero-order valence-corrected chi connectivity index (χ0v) is 9.56. The summed E-state index contributed by atoms with van der Waals surface area (Å²) in [5.74, 6) is -0.687. The van der Waals surface area contributed by atoms with Crippen molar-refractivity contribution in [1.82, 2.24) is 5.32 Å². The Morgan fingerprint density at radius 3 is 2.71 bits per heavy atom. The minimum atomic E-state index is -0.415. The van der Waals surface area contributed by atoms with Crippen molar-refractivity contribution in [2.24, 2.45) is 0 Å². The molecule has 1 N–H and O–H groups in total. The molecule has 0 aliphatic heterocycles. The summed E-state index contributed by atoms with van der Waals surface area (Å²) in [6.45, 7) is 3.70. The van der Waals surface area contributed by atoms with Gasteiger partial charge in [-0.25, -0.2) is 4.39 Å². The fraction of sp³-hybridized carbons (Fsp3) is 0.300. The zero-order valence-electron chi connectivity index (χ0n) is 7.97. The second-order valence-corrected chi connectivity index (χ2v) is 4.11. The Morgan fingerprint density at radius 1 is 1.50 bits per heavy atom. The van der Waals surface area contributed by atoms with Crippen LogP contribution in [0.2, 0.25) is 0 Å². The van der Waals surface area contributed by atoms with Crippen LogP contribution in [0.1, 0.15) is 24.2 Å². The second-order valence-electron chi connectivity index (χ2n) is 3.25. The molecule has 0 heterocycles. The summed E-state index contributed by atoms with van der Waals surface area (Å²) < 4.78 is 13.4. The minimum absolute atomic E-state index is 0.0395. The van der Waals surface area contributed by atoms with E-state index in [1.54, 1.807) is 0 Å². The SMILES string of the molecule is CC(C)NC(=O)c1cc(F)ccc1Br. The lowest BCUT2D eigenvalue weighted by Gasteiger charge is -2.09. The van der Waals surface area contributed by atoms with Gasteiger partial charge in [-0.1, -0.05) is 0 Å². The predicted molar refractivity (Wildman–Crippen MR) is 56.7 cm³/mol. The van der Waals surface area contributed by atoms with Crippen LogP contribution in [0.25, 0.3) is 0 Å². The maximum absolute atomic E-state index is 12.8. The Labute approximate surface area is 90.6 Å². The van der Waals surface area contributed by atoms with Crippen LogP contribution in [-0.2, 0) is 0 Å². The summed E-state index contributed by atoms with van der Waals surface area (Å²) in [6, 6.07) is 4.07. The van der Waals surface area contributed by atoms with Gasteiger partial charge >= 0.3 is 0 Å². The molecule has 2 nitrogen and oxygen atoms in total. The van der Waals surface area contributed by atoms with Crippen LogP contribution in [0.3, 0.4) is 0 Å². The topological polar surface area (TPSA) is 29.1 Å².